The molecule has 0 aliphatic carbocycles. The second-order valence-corrected chi connectivity index (χ2v) is 2.28. The number of hydrogen-bond acceptors (Lipinski definition) is 3. The second-order valence-electron chi connectivity index (χ2n) is 2.28. The van der Waals surface area contributed by atoms with Gasteiger partial charge in [0.25, 0.3) is 0 Å². The molecule has 3 heteroatoms. The van der Waals surface area contributed by atoms with Gasteiger partial charge in [0.05, 0.1) is 6.61 Å². The molecule has 0 amide bonds. The number of hydrogen-bond donors (Lipinski definition) is 1. The Kier molecular flexibility index (Phi) is 4.05. The predicted molar refractivity (Wildman–Crippen MR) is 37.0 cm³/mol. The van der Waals surface area contributed by atoms with E-state index < -0.39 is 5.60 Å². The van der Waals surface area contributed by atoms with E-state index in [2.05, 4.69) is 10.8 Å². The molecule has 0 fully saturated rings. The van der Waals surface area contributed by atoms with Crippen molar-refractivity contribution in [2.24, 2.45) is 0 Å². The highest BCUT2D eigenvalue weighted by Crippen LogP contribution is 2.06. The Balaban J connectivity index is 3.40. The molecular weight excluding hydrogens is 132 g/mol. The van der Waals surface area contributed by atoms with E-state index in [9.17, 15) is 0 Å². The SMILES string of the molecule is C#CC(C)(C)OOCCO. The van der Waals surface area contributed by atoms with E-state index >= 15 is 0 Å². The van der Waals surface area contributed by atoms with Gasteiger partial charge in [-0.05, 0) is 13.8 Å². The Morgan fingerprint density at radius 3 is 2.60 bits per heavy atom. The van der Waals surface area contributed by atoms with Gasteiger partial charge in [-0.15, -0.1) is 6.42 Å². The van der Waals surface area contributed by atoms with Crippen molar-refractivity contribution in [3.8, 4) is 12.3 Å². The molecule has 0 aliphatic rings. The minimum Gasteiger partial charge on any atom is -0.394 e. The summed E-state index contributed by atoms with van der Waals surface area (Å²) in [6.07, 6.45) is 5.07. The highest BCUT2D eigenvalue weighted by Gasteiger charge is 2.14. The van der Waals surface area contributed by atoms with Crippen LogP contribution < -0.4 is 0 Å². The summed E-state index contributed by atoms with van der Waals surface area (Å²) in [6.45, 7) is 3.47. The average Bonchev–Trinajstić information content (AvgIpc) is 1.89. The first-order valence-electron chi connectivity index (χ1n) is 3.01. The maximum Gasteiger partial charge on any atom is 0.157 e. The fourth-order valence-electron chi connectivity index (χ4n) is 0.250. The molecule has 0 saturated heterocycles. The Morgan fingerprint density at radius 1 is 1.60 bits per heavy atom. The summed E-state index contributed by atoms with van der Waals surface area (Å²) in [5, 5.41) is 8.28. The first kappa shape index (κ1) is 9.44. The molecule has 58 valence electrons. The van der Waals surface area contributed by atoms with Crippen molar-refractivity contribution in [3.63, 3.8) is 0 Å². The zero-order chi connectivity index (χ0) is 8.04. The smallest absolute Gasteiger partial charge is 0.157 e. The fraction of sp³-hybridized carbons (Fsp3) is 0.714. The van der Waals surface area contributed by atoms with E-state index in [1.807, 2.05) is 0 Å². The van der Waals surface area contributed by atoms with Crippen molar-refractivity contribution in [1.29, 1.82) is 0 Å². The van der Waals surface area contributed by atoms with Crippen LogP contribution >= 0.6 is 0 Å². The first-order valence-corrected chi connectivity index (χ1v) is 3.01. The van der Waals surface area contributed by atoms with E-state index in [1.54, 1.807) is 13.8 Å². The minimum absolute atomic E-state index is 0.0688. The second kappa shape index (κ2) is 4.29. The van der Waals surface area contributed by atoms with Crippen LogP contribution in [0.25, 0.3) is 0 Å². The molecule has 0 aromatic carbocycles. The van der Waals surface area contributed by atoms with Gasteiger partial charge in [-0.2, -0.15) is 0 Å². The summed E-state index contributed by atoms with van der Waals surface area (Å²) in [5.41, 5.74) is -0.713. The van der Waals surface area contributed by atoms with Crippen LogP contribution in [-0.2, 0) is 9.78 Å². The largest absolute Gasteiger partial charge is 0.394 e. The van der Waals surface area contributed by atoms with Gasteiger partial charge >= 0.3 is 0 Å². The quantitative estimate of drug-likeness (QED) is 0.267. The molecule has 0 unspecified atom stereocenters. The van der Waals surface area contributed by atoms with Crippen LogP contribution in [0.1, 0.15) is 13.8 Å². The zero-order valence-electron chi connectivity index (χ0n) is 6.26. The van der Waals surface area contributed by atoms with Gasteiger partial charge in [0.2, 0.25) is 0 Å². The number of rotatable bonds is 4. The molecule has 0 bridgehead atoms. The summed E-state index contributed by atoms with van der Waals surface area (Å²) >= 11 is 0. The van der Waals surface area contributed by atoms with Crippen molar-refractivity contribution in [2.45, 2.75) is 19.4 Å². The summed E-state index contributed by atoms with van der Waals surface area (Å²) in [4.78, 5) is 9.27. The molecule has 0 rings (SSSR count). The van der Waals surface area contributed by atoms with Gasteiger partial charge in [0.15, 0.2) is 5.60 Å². The van der Waals surface area contributed by atoms with Crippen molar-refractivity contribution < 1.29 is 14.9 Å². The van der Waals surface area contributed by atoms with Crippen LogP contribution in [0.5, 0.6) is 0 Å². The summed E-state index contributed by atoms with van der Waals surface area (Å²) < 4.78 is 0. The standard InChI is InChI=1S/C7H12O3/c1-4-7(2,3)10-9-6-5-8/h1,8H,5-6H2,2-3H3. The predicted octanol–water partition coefficient (Wildman–Crippen LogP) is 0.339. The number of terminal acetylenes is 1. The molecule has 0 aromatic rings. The molecule has 0 spiro atoms. The highest BCUT2D eigenvalue weighted by molar-refractivity contribution is 5.01. The van der Waals surface area contributed by atoms with Crippen molar-refractivity contribution in [2.75, 3.05) is 13.2 Å². The number of aliphatic hydroxyl groups excluding tert-OH is 1. The minimum atomic E-state index is -0.713. The molecule has 0 aliphatic heterocycles. The van der Waals surface area contributed by atoms with Crippen molar-refractivity contribution in [3.05, 3.63) is 0 Å². The van der Waals surface area contributed by atoms with Gasteiger partial charge in [0, 0.05) is 0 Å². The van der Waals surface area contributed by atoms with Crippen LogP contribution in [0.2, 0.25) is 0 Å². The van der Waals surface area contributed by atoms with E-state index in [1.165, 1.54) is 0 Å². The molecule has 0 atom stereocenters. The molecular formula is C7H12O3. The van der Waals surface area contributed by atoms with Gasteiger partial charge in [0.1, 0.15) is 6.61 Å². The molecule has 3 nitrogen and oxygen atoms in total. The lowest BCUT2D eigenvalue weighted by molar-refractivity contribution is -0.339. The van der Waals surface area contributed by atoms with Crippen molar-refractivity contribution in [1.82, 2.24) is 0 Å². The van der Waals surface area contributed by atoms with Crippen LogP contribution in [0.3, 0.4) is 0 Å². The van der Waals surface area contributed by atoms with E-state index in [0.29, 0.717) is 0 Å². The molecule has 0 saturated carbocycles. The molecule has 0 heterocycles. The van der Waals surface area contributed by atoms with Crippen LogP contribution in [0, 0.1) is 12.3 Å². The monoisotopic (exact) mass is 144 g/mol. The Morgan fingerprint density at radius 2 is 2.20 bits per heavy atom. The van der Waals surface area contributed by atoms with Crippen LogP contribution in [0.4, 0.5) is 0 Å². The zero-order valence-corrected chi connectivity index (χ0v) is 6.26. The maximum atomic E-state index is 8.28. The Bertz CT molecular complexity index is 123. The van der Waals surface area contributed by atoms with Gasteiger partial charge in [-0.1, -0.05) is 5.92 Å². The summed E-state index contributed by atoms with van der Waals surface area (Å²) in [5.74, 6) is 2.37. The average molecular weight is 144 g/mol. The Hall–Kier alpha value is -0.560. The van der Waals surface area contributed by atoms with E-state index in [-0.39, 0.29) is 13.2 Å². The van der Waals surface area contributed by atoms with Gasteiger partial charge < -0.3 is 5.11 Å². The highest BCUT2D eigenvalue weighted by atomic mass is 17.2. The third-order valence-corrected chi connectivity index (χ3v) is 0.789. The van der Waals surface area contributed by atoms with Gasteiger partial charge in [-0.25, -0.2) is 9.78 Å². The lowest BCUT2D eigenvalue weighted by Crippen LogP contribution is -2.22. The fourth-order valence-corrected chi connectivity index (χ4v) is 0.250. The lowest BCUT2D eigenvalue weighted by Gasteiger charge is -2.15. The van der Waals surface area contributed by atoms with E-state index in [4.69, 9.17) is 16.4 Å². The molecule has 0 aromatic heterocycles. The molecule has 10 heavy (non-hydrogen) atoms. The molecule has 1 N–H and O–H groups in total. The maximum absolute atomic E-state index is 8.28. The number of aliphatic hydroxyl groups is 1. The topological polar surface area (TPSA) is 38.7 Å². The molecule has 0 radical (unpaired) electrons. The van der Waals surface area contributed by atoms with Gasteiger partial charge in [-0.3, -0.25) is 0 Å². The third kappa shape index (κ3) is 4.33. The summed E-state index contributed by atoms with van der Waals surface area (Å²) in [6, 6.07) is 0. The van der Waals surface area contributed by atoms with Crippen molar-refractivity contribution >= 4 is 0 Å². The van der Waals surface area contributed by atoms with E-state index in [0.717, 1.165) is 0 Å². The third-order valence-electron chi connectivity index (χ3n) is 0.789. The first-order chi connectivity index (χ1) is 4.62. The lowest BCUT2D eigenvalue weighted by atomic mass is 10.2. The normalized spacial score (nSPS) is 11.0. The Labute approximate surface area is 60.9 Å². The van der Waals surface area contributed by atoms with Crippen LogP contribution in [0.15, 0.2) is 0 Å². The van der Waals surface area contributed by atoms with Crippen LogP contribution in [-0.4, -0.2) is 23.9 Å². The summed E-state index contributed by atoms with van der Waals surface area (Å²) in [7, 11) is 0.